The van der Waals surface area contributed by atoms with Crippen LogP contribution in [0.5, 0.6) is 0 Å². The highest BCUT2D eigenvalue weighted by Gasteiger charge is 2.34. The van der Waals surface area contributed by atoms with Crippen molar-refractivity contribution >= 4 is 0 Å². The van der Waals surface area contributed by atoms with Crippen LogP contribution in [0, 0.1) is 17.3 Å². The van der Waals surface area contributed by atoms with E-state index in [2.05, 4.69) is 27.7 Å². The lowest BCUT2D eigenvalue weighted by atomic mass is 9.64. The molecule has 1 unspecified atom stereocenters. The summed E-state index contributed by atoms with van der Waals surface area (Å²) in [7, 11) is 0. The SMILES string of the molecule is CCCCCC(C)(C)C(C)C1CCC1. The average molecular weight is 196 g/mol. The van der Waals surface area contributed by atoms with Crippen LogP contribution in [0.2, 0.25) is 0 Å². The Kier molecular flexibility index (Phi) is 4.47. The quantitative estimate of drug-likeness (QED) is 0.523. The average Bonchev–Trinajstić information content (AvgIpc) is 2.01. The van der Waals surface area contributed by atoms with Crippen LogP contribution in [-0.4, -0.2) is 0 Å². The fourth-order valence-electron chi connectivity index (χ4n) is 2.64. The summed E-state index contributed by atoms with van der Waals surface area (Å²) in [6, 6.07) is 0. The molecule has 1 rings (SSSR count). The molecule has 0 bridgehead atoms. The molecule has 1 aliphatic carbocycles. The van der Waals surface area contributed by atoms with E-state index in [9.17, 15) is 0 Å². The van der Waals surface area contributed by atoms with E-state index in [0.717, 1.165) is 11.8 Å². The summed E-state index contributed by atoms with van der Waals surface area (Å²) in [5.74, 6) is 1.99. The van der Waals surface area contributed by atoms with Crippen molar-refractivity contribution in [1.82, 2.24) is 0 Å². The lowest BCUT2D eigenvalue weighted by molar-refractivity contribution is 0.0885. The highest BCUT2D eigenvalue weighted by molar-refractivity contribution is 4.84. The summed E-state index contributed by atoms with van der Waals surface area (Å²) >= 11 is 0. The highest BCUT2D eigenvalue weighted by atomic mass is 14.4. The van der Waals surface area contributed by atoms with Crippen LogP contribution in [0.1, 0.15) is 72.6 Å². The summed E-state index contributed by atoms with van der Waals surface area (Å²) in [5.41, 5.74) is 0.584. The van der Waals surface area contributed by atoms with Gasteiger partial charge in [-0.15, -0.1) is 0 Å². The van der Waals surface area contributed by atoms with Crippen LogP contribution in [0.4, 0.5) is 0 Å². The normalized spacial score (nSPS) is 20.6. The summed E-state index contributed by atoms with van der Waals surface area (Å²) in [6.07, 6.45) is 10.1. The Hall–Kier alpha value is 0. The van der Waals surface area contributed by atoms with Crippen molar-refractivity contribution in [1.29, 1.82) is 0 Å². The second kappa shape index (κ2) is 5.19. The van der Waals surface area contributed by atoms with Gasteiger partial charge in [-0.25, -0.2) is 0 Å². The van der Waals surface area contributed by atoms with Gasteiger partial charge in [-0.3, -0.25) is 0 Å². The van der Waals surface area contributed by atoms with E-state index in [0.29, 0.717) is 5.41 Å². The minimum Gasteiger partial charge on any atom is -0.0654 e. The van der Waals surface area contributed by atoms with Gasteiger partial charge in [0, 0.05) is 0 Å². The fraction of sp³-hybridized carbons (Fsp3) is 1.00. The van der Waals surface area contributed by atoms with Crippen molar-refractivity contribution in [2.75, 3.05) is 0 Å². The maximum atomic E-state index is 2.48. The van der Waals surface area contributed by atoms with Crippen LogP contribution >= 0.6 is 0 Å². The molecule has 14 heavy (non-hydrogen) atoms. The van der Waals surface area contributed by atoms with Gasteiger partial charge in [0.1, 0.15) is 0 Å². The van der Waals surface area contributed by atoms with Crippen LogP contribution in [0.25, 0.3) is 0 Å². The van der Waals surface area contributed by atoms with E-state index in [1.54, 1.807) is 0 Å². The fourth-order valence-corrected chi connectivity index (χ4v) is 2.64. The van der Waals surface area contributed by atoms with Crippen molar-refractivity contribution in [2.45, 2.75) is 72.6 Å². The predicted molar refractivity (Wildman–Crippen MR) is 64.4 cm³/mol. The van der Waals surface area contributed by atoms with E-state index in [1.807, 2.05) is 0 Å². The van der Waals surface area contributed by atoms with Gasteiger partial charge in [-0.05, 0) is 23.7 Å². The van der Waals surface area contributed by atoms with Crippen molar-refractivity contribution in [3.8, 4) is 0 Å². The molecular weight excluding hydrogens is 168 g/mol. The van der Waals surface area contributed by atoms with Crippen molar-refractivity contribution in [3.05, 3.63) is 0 Å². The number of rotatable bonds is 6. The van der Waals surface area contributed by atoms with Crippen molar-refractivity contribution in [3.63, 3.8) is 0 Å². The molecule has 0 aromatic heterocycles. The first-order valence-electron chi connectivity index (χ1n) is 6.58. The first-order valence-corrected chi connectivity index (χ1v) is 6.58. The summed E-state index contributed by atoms with van der Waals surface area (Å²) < 4.78 is 0. The van der Waals surface area contributed by atoms with Gasteiger partial charge in [0.15, 0.2) is 0 Å². The molecule has 0 heteroatoms. The molecule has 1 saturated carbocycles. The molecule has 0 saturated heterocycles. The molecule has 1 aliphatic rings. The third-order valence-corrected chi connectivity index (χ3v) is 4.51. The van der Waals surface area contributed by atoms with Gasteiger partial charge >= 0.3 is 0 Å². The summed E-state index contributed by atoms with van der Waals surface area (Å²) in [4.78, 5) is 0. The monoisotopic (exact) mass is 196 g/mol. The Morgan fingerprint density at radius 1 is 1.21 bits per heavy atom. The second-order valence-electron chi connectivity index (χ2n) is 5.93. The Morgan fingerprint density at radius 3 is 2.29 bits per heavy atom. The predicted octanol–water partition coefficient (Wildman–Crippen LogP) is 5.03. The number of unbranched alkanes of at least 4 members (excludes halogenated alkanes) is 2. The van der Waals surface area contributed by atoms with Gasteiger partial charge in [0.05, 0.1) is 0 Å². The van der Waals surface area contributed by atoms with E-state index in [1.165, 1.54) is 44.9 Å². The minimum absolute atomic E-state index is 0.584. The Morgan fingerprint density at radius 2 is 1.86 bits per heavy atom. The van der Waals surface area contributed by atoms with Crippen LogP contribution in [0.15, 0.2) is 0 Å². The molecular formula is C14H28. The standard InChI is InChI=1S/C14H28/c1-5-6-7-11-14(3,4)12(2)13-9-8-10-13/h12-13H,5-11H2,1-4H3. The molecule has 0 aromatic carbocycles. The third-order valence-electron chi connectivity index (χ3n) is 4.51. The second-order valence-corrected chi connectivity index (χ2v) is 5.93. The lowest BCUT2D eigenvalue weighted by Gasteiger charge is -2.42. The highest BCUT2D eigenvalue weighted by Crippen LogP contribution is 2.44. The Bertz CT molecular complexity index is 153. The lowest BCUT2D eigenvalue weighted by Crippen LogP contribution is -2.32. The maximum absolute atomic E-state index is 2.48. The largest absolute Gasteiger partial charge is 0.0654 e. The van der Waals surface area contributed by atoms with E-state index >= 15 is 0 Å². The zero-order chi connectivity index (χ0) is 10.6. The molecule has 0 aliphatic heterocycles. The first-order chi connectivity index (χ1) is 6.58. The summed E-state index contributed by atoms with van der Waals surface area (Å²) in [5, 5.41) is 0. The zero-order valence-corrected chi connectivity index (χ0v) is 10.6. The zero-order valence-electron chi connectivity index (χ0n) is 10.6. The number of hydrogen-bond donors (Lipinski definition) is 0. The van der Waals surface area contributed by atoms with Gasteiger partial charge in [0.25, 0.3) is 0 Å². The van der Waals surface area contributed by atoms with Crippen LogP contribution in [0.3, 0.4) is 0 Å². The topological polar surface area (TPSA) is 0 Å². The first kappa shape index (κ1) is 12.1. The minimum atomic E-state index is 0.584. The molecule has 1 atom stereocenters. The van der Waals surface area contributed by atoms with Gasteiger partial charge < -0.3 is 0 Å². The van der Waals surface area contributed by atoms with Gasteiger partial charge in [-0.1, -0.05) is 66.2 Å². The van der Waals surface area contributed by atoms with E-state index in [-0.39, 0.29) is 0 Å². The third kappa shape index (κ3) is 3.00. The summed E-state index contributed by atoms with van der Waals surface area (Å²) in [6.45, 7) is 9.73. The van der Waals surface area contributed by atoms with Crippen LogP contribution < -0.4 is 0 Å². The molecule has 0 nitrogen and oxygen atoms in total. The van der Waals surface area contributed by atoms with E-state index < -0.39 is 0 Å². The van der Waals surface area contributed by atoms with Gasteiger partial charge in [0.2, 0.25) is 0 Å². The molecule has 0 heterocycles. The van der Waals surface area contributed by atoms with E-state index in [4.69, 9.17) is 0 Å². The van der Waals surface area contributed by atoms with Gasteiger partial charge in [-0.2, -0.15) is 0 Å². The molecule has 0 radical (unpaired) electrons. The number of hydrogen-bond acceptors (Lipinski definition) is 0. The van der Waals surface area contributed by atoms with Crippen molar-refractivity contribution < 1.29 is 0 Å². The maximum Gasteiger partial charge on any atom is -0.0326 e. The molecule has 0 spiro atoms. The molecule has 0 N–H and O–H groups in total. The smallest absolute Gasteiger partial charge is 0.0326 e. The molecule has 84 valence electrons. The van der Waals surface area contributed by atoms with Crippen LogP contribution in [-0.2, 0) is 0 Å². The molecule has 0 amide bonds. The van der Waals surface area contributed by atoms with Crippen molar-refractivity contribution in [2.24, 2.45) is 17.3 Å². The molecule has 0 aromatic rings. The molecule has 1 fully saturated rings. The Labute approximate surface area is 90.5 Å². The Balaban J connectivity index is 2.29.